The lowest BCUT2D eigenvalue weighted by Crippen LogP contribution is -2.34. The van der Waals surface area contributed by atoms with Crippen LogP contribution < -0.4 is 0 Å². The molecule has 2 heterocycles. The van der Waals surface area contributed by atoms with Gasteiger partial charge in [-0.3, -0.25) is 4.90 Å². The molecule has 0 aliphatic carbocycles. The third-order valence-electron chi connectivity index (χ3n) is 5.16. The Hall–Kier alpha value is -2.39. The summed E-state index contributed by atoms with van der Waals surface area (Å²) in [6, 6.07) is 21.3. The second kappa shape index (κ2) is 7.66. The van der Waals surface area contributed by atoms with Gasteiger partial charge in [-0.05, 0) is 49.4 Å². The van der Waals surface area contributed by atoms with Gasteiger partial charge in [0.25, 0.3) is 0 Å². The molecule has 4 rings (SSSR count). The molecule has 25 heavy (non-hydrogen) atoms. The number of hydrogen-bond acceptors (Lipinski definition) is 2. The van der Waals surface area contributed by atoms with E-state index in [1.165, 1.54) is 43.5 Å². The molecule has 1 aliphatic heterocycles. The normalized spacial score (nSPS) is 16.2. The van der Waals surface area contributed by atoms with Gasteiger partial charge in [0.2, 0.25) is 0 Å². The van der Waals surface area contributed by atoms with Crippen LogP contribution in [-0.2, 0) is 13.0 Å². The smallest absolute Gasteiger partial charge is 0.120 e. The molecule has 1 N–H and O–H groups in total. The first-order valence-corrected chi connectivity index (χ1v) is 9.22. The highest BCUT2D eigenvalue weighted by Crippen LogP contribution is 2.23. The standard InChI is InChI=1S/C22H25N3/c1-3-7-18(8-4-1)15-19-11-13-25(14-12-19)17-22-23-16-21(24-22)20-9-5-2-6-10-20/h1-10,16,19H,11-15,17H2,(H,23,24). The molecular weight excluding hydrogens is 306 g/mol. The molecule has 128 valence electrons. The van der Waals surface area contributed by atoms with Crippen LogP contribution in [-0.4, -0.2) is 28.0 Å². The van der Waals surface area contributed by atoms with E-state index < -0.39 is 0 Å². The summed E-state index contributed by atoms with van der Waals surface area (Å²) in [5.41, 5.74) is 3.77. The zero-order chi connectivity index (χ0) is 16.9. The van der Waals surface area contributed by atoms with Crippen LogP contribution in [0.25, 0.3) is 11.3 Å². The van der Waals surface area contributed by atoms with E-state index in [2.05, 4.69) is 69.5 Å². The molecule has 0 spiro atoms. The van der Waals surface area contributed by atoms with Crippen LogP contribution in [0, 0.1) is 5.92 Å². The van der Waals surface area contributed by atoms with Crippen molar-refractivity contribution in [2.24, 2.45) is 5.92 Å². The Morgan fingerprint density at radius 3 is 2.32 bits per heavy atom. The molecule has 0 radical (unpaired) electrons. The molecule has 1 saturated heterocycles. The van der Waals surface area contributed by atoms with E-state index in [9.17, 15) is 0 Å². The first-order valence-electron chi connectivity index (χ1n) is 9.22. The number of nitrogens with zero attached hydrogens (tertiary/aromatic N) is 2. The lowest BCUT2D eigenvalue weighted by molar-refractivity contribution is 0.174. The first-order chi connectivity index (χ1) is 12.4. The molecule has 0 atom stereocenters. The highest BCUT2D eigenvalue weighted by Gasteiger charge is 2.20. The summed E-state index contributed by atoms with van der Waals surface area (Å²) in [4.78, 5) is 10.6. The van der Waals surface area contributed by atoms with Crippen LogP contribution in [0.15, 0.2) is 66.9 Å². The Morgan fingerprint density at radius 1 is 0.920 bits per heavy atom. The minimum atomic E-state index is 0.815. The fourth-order valence-electron chi connectivity index (χ4n) is 3.72. The van der Waals surface area contributed by atoms with Gasteiger partial charge in [-0.25, -0.2) is 4.98 Å². The largest absolute Gasteiger partial charge is 0.341 e. The predicted molar refractivity (Wildman–Crippen MR) is 102 cm³/mol. The average Bonchev–Trinajstić information content (AvgIpc) is 3.14. The summed E-state index contributed by atoms with van der Waals surface area (Å²) in [6.45, 7) is 3.25. The zero-order valence-corrected chi connectivity index (χ0v) is 14.6. The van der Waals surface area contributed by atoms with Crippen LogP contribution in [0.5, 0.6) is 0 Å². The maximum Gasteiger partial charge on any atom is 0.120 e. The molecule has 0 saturated carbocycles. The SMILES string of the molecule is c1ccc(CC2CCN(Cc3ncc(-c4ccccc4)[nH]3)CC2)cc1. The molecule has 1 aromatic heterocycles. The quantitative estimate of drug-likeness (QED) is 0.745. The van der Waals surface area contributed by atoms with Gasteiger partial charge in [-0.1, -0.05) is 60.7 Å². The van der Waals surface area contributed by atoms with E-state index in [1.54, 1.807) is 0 Å². The van der Waals surface area contributed by atoms with E-state index in [4.69, 9.17) is 0 Å². The molecule has 0 amide bonds. The van der Waals surface area contributed by atoms with Crippen LogP contribution >= 0.6 is 0 Å². The predicted octanol–water partition coefficient (Wildman–Crippen LogP) is 4.53. The number of piperidine rings is 1. The Kier molecular flexibility index (Phi) is 4.93. The van der Waals surface area contributed by atoms with Crippen molar-refractivity contribution in [3.8, 4) is 11.3 Å². The summed E-state index contributed by atoms with van der Waals surface area (Å²) in [5, 5.41) is 0. The van der Waals surface area contributed by atoms with Gasteiger partial charge in [0.05, 0.1) is 18.4 Å². The molecule has 3 nitrogen and oxygen atoms in total. The van der Waals surface area contributed by atoms with Crippen molar-refractivity contribution in [2.75, 3.05) is 13.1 Å². The Labute approximate surface area is 149 Å². The number of nitrogens with one attached hydrogen (secondary N) is 1. The van der Waals surface area contributed by atoms with Crippen LogP contribution in [0.1, 0.15) is 24.2 Å². The number of aromatic amines is 1. The summed E-state index contributed by atoms with van der Waals surface area (Å²) in [5.74, 6) is 1.88. The monoisotopic (exact) mass is 331 g/mol. The van der Waals surface area contributed by atoms with E-state index in [1.807, 2.05) is 12.3 Å². The number of hydrogen-bond donors (Lipinski definition) is 1. The number of H-pyrrole nitrogens is 1. The van der Waals surface area contributed by atoms with E-state index in [0.717, 1.165) is 24.0 Å². The molecule has 2 aromatic carbocycles. The third-order valence-corrected chi connectivity index (χ3v) is 5.16. The Balaban J connectivity index is 1.30. The molecule has 3 aromatic rings. The summed E-state index contributed by atoms with van der Waals surface area (Å²) >= 11 is 0. The average molecular weight is 331 g/mol. The van der Waals surface area contributed by atoms with Gasteiger partial charge < -0.3 is 4.98 Å². The summed E-state index contributed by atoms with van der Waals surface area (Å²) in [7, 11) is 0. The number of imidazole rings is 1. The third kappa shape index (κ3) is 4.18. The van der Waals surface area contributed by atoms with Gasteiger partial charge in [-0.2, -0.15) is 0 Å². The van der Waals surface area contributed by atoms with Crippen LogP contribution in [0.3, 0.4) is 0 Å². The summed E-state index contributed by atoms with van der Waals surface area (Å²) < 4.78 is 0. The number of aromatic nitrogens is 2. The molecule has 1 fully saturated rings. The Morgan fingerprint density at radius 2 is 1.60 bits per heavy atom. The minimum Gasteiger partial charge on any atom is -0.341 e. The van der Waals surface area contributed by atoms with E-state index >= 15 is 0 Å². The maximum atomic E-state index is 4.58. The van der Waals surface area contributed by atoms with E-state index in [-0.39, 0.29) is 0 Å². The van der Waals surface area contributed by atoms with Crippen molar-refractivity contribution in [3.63, 3.8) is 0 Å². The minimum absolute atomic E-state index is 0.815. The first kappa shape index (κ1) is 16.1. The van der Waals surface area contributed by atoms with Crippen molar-refractivity contribution in [2.45, 2.75) is 25.8 Å². The van der Waals surface area contributed by atoms with Gasteiger partial charge in [-0.15, -0.1) is 0 Å². The molecule has 0 unspecified atom stereocenters. The second-order valence-corrected chi connectivity index (χ2v) is 7.02. The highest BCUT2D eigenvalue weighted by molar-refractivity contribution is 5.57. The number of benzene rings is 2. The lowest BCUT2D eigenvalue weighted by Gasteiger charge is -2.31. The van der Waals surface area contributed by atoms with Gasteiger partial charge in [0.1, 0.15) is 5.82 Å². The summed E-state index contributed by atoms with van der Waals surface area (Å²) in [6.07, 6.45) is 5.72. The van der Waals surface area contributed by atoms with Crippen molar-refractivity contribution >= 4 is 0 Å². The maximum absolute atomic E-state index is 4.58. The molecule has 3 heteroatoms. The zero-order valence-electron chi connectivity index (χ0n) is 14.6. The van der Waals surface area contributed by atoms with Gasteiger partial charge >= 0.3 is 0 Å². The van der Waals surface area contributed by atoms with Crippen molar-refractivity contribution < 1.29 is 0 Å². The number of rotatable bonds is 5. The molecule has 0 bridgehead atoms. The van der Waals surface area contributed by atoms with Crippen molar-refractivity contribution in [3.05, 3.63) is 78.2 Å². The van der Waals surface area contributed by atoms with Crippen LogP contribution in [0.4, 0.5) is 0 Å². The fourth-order valence-corrected chi connectivity index (χ4v) is 3.72. The van der Waals surface area contributed by atoms with Crippen molar-refractivity contribution in [1.29, 1.82) is 0 Å². The van der Waals surface area contributed by atoms with Gasteiger partial charge in [0.15, 0.2) is 0 Å². The van der Waals surface area contributed by atoms with Gasteiger partial charge in [0, 0.05) is 0 Å². The topological polar surface area (TPSA) is 31.9 Å². The van der Waals surface area contributed by atoms with Crippen LogP contribution in [0.2, 0.25) is 0 Å². The molecule has 1 aliphatic rings. The second-order valence-electron chi connectivity index (χ2n) is 7.02. The van der Waals surface area contributed by atoms with Crippen molar-refractivity contribution in [1.82, 2.24) is 14.9 Å². The van der Waals surface area contributed by atoms with E-state index in [0.29, 0.717) is 0 Å². The molecular formula is C22H25N3. The highest BCUT2D eigenvalue weighted by atomic mass is 15.2. The Bertz CT molecular complexity index is 771. The fraction of sp³-hybridized carbons (Fsp3) is 0.318. The number of likely N-dealkylation sites (tertiary alicyclic amines) is 1. The lowest BCUT2D eigenvalue weighted by atomic mass is 9.90.